The Hall–Kier alpha value is -1.22. The van der Waals surface area contributed by atoms with Gasteiger partial charge in [-0.15, -0.1) is 0 Å². The molecule has 0 saturated heterocycles. The molecule has 0 radical (unpaired) electrons. The maximum Gasteiger partial charge on any atom is 0.122 e. The van der Waals surface area contributed by atoms with Crippen LogP contribution in [0.4, 0.5) is 0 Å². The van der Waals surface area contributed by atoms with Gasteiger partial charge in [0.1, 0.15) is 11.5 Å². The van der Waals surface area contributed by atoms with E-state index in [2.05, 4.69) is 13.8 Å². The Kier molecular flexibility index (Phi) is 7.26. The topological polar surface area (TPSA) is 22.9 Å². The van der Waals surface area contributed by atoms with Crippen LogP contribution in [0.25, 0.3) is 0 Å². The van der Waals surface area contributed by atoms with Crippen LogP contribution in [-0.2, 0) is 0 Å². The maximum atomic E-state index is 5.71. The number of hydrogen-bond acceptors (Lipinski definition) is 2. The maximum absolute atomic E-state index is 5.71. The number of benzene rings is 1. The summed E-state index contributed by atoms with van der Waals surface area (Å²) in [5.41, 5.74) is 0. The second-order valence-corrected chi connectivity index (χ2v) is 4.44. The standard InChI is InChI=1S/C15H25NO2/c1-4-16(5-2)11-6-7-12-18-15-10-8-9-14(13-15)17-3/h8-10,13H,4-7,11-12H2,1-3H3/p+1. The Morgan fingerprint density at radius 3 is 2.44 bits per heavy atom. The molecular formula is C15H26NO2+. The number of nitrogens with one attached hydrogen (secondary N) is 1. The van der Waals surface area contributed by atoms with Gasteiger partial charge in [-0.3, -0.25) is 0 Å². The van der Waals surface area contributed by atoms with E-state index in [0.717, 1.165) is 24.5 Å². The van der Waals surface area contributed by atoms with Crippen molar-refractivity contribution in [3.8, 4) is 11.5 Å². The Bertz CT molecular complexity index is 324. The van der Waals surface area contributed by atoms with Crippen molar-refractivity contribution >= 4 is 0 Å². The zero-order valence-corrected chi connectivity index (χ0v) is 11.9. The molecule has 0 aliphatic carbocycles. The highest BCUT2D eigenvalue weighted by atomic mass is 16.5. The molecule has 0 aromatic heterocycles. The Labute approximate surface area is 111 Å². The van der Waals surface area contributed by atoms with Gasteiger partial charge in [0, 0.05) is 6.07 Å². The highest BCUT2D eigenvalue weighted by Gasteiger charge is 2.02. The fourth-order valence-corrected chi connectivity index (χ4v) is 1.96. The zero-order valence-electron chi connectivity index (χ0n) is 11.9. The monoisotopic (exact) mass is 252 g/mol. The van der Waals surface area contributed by atoms with Gasteiger partial charge >= 0.3 is 0 Å². The van der Waals surface area contributed by atoms with Crippen molar-refractivity contribution in [2.75, 3.05) is 33.4 Å². The van der Waals surface area contributed by atoms with Crippen LogP contribution in [0.3, 0.4) is 0 Å². The predicted molar refractivity (Wildman–Crippen MR) is 74.6 cm³/mol. The minimum absolute atomic E-state index is 0.786. The molecule has 0 unspecified atom stereocenters. The Morgan fingerprint density at radius 2 is 1.78 bits per heavy atom. The summed E-state index contributed by atoms with van der Waals surface area (Å²) in [6.45, 7) is 8.94. The predicted octanol–water partition coefficient (Wildman–Crippen LogP) is 1.78. The highest BCUT2D eigenvalue weighted by molar-refractivity contribution is 5.32. The summed E-state index contributed by atoms with van der Waals surface area (Å²) >= 11 is 0. The van der Waals surface area contributed by atoms with E-state index in [1.54, 1.807) is 12.0 Å². The molecule has 1 N–H and O–H groups in total. The summed E-state index contributed by atoms with van der Waals surface area (Å²) in [5.74, 6) is 1.74. The minimum Gasteiger partial charge on any atom is -0.497 e. The summed E-state index contributed by atoms with van der Waals surface area (Å²) in [5, 5.41) is 0. The number of quaternary nitrogens is 1. The molecule has 1 rings (SSSR count). The zero-order chi connectivity index (χ0) is 13.2. The molecule has 0 heterocycles. The molecule has 1 aromatic carbocycles. The fourth-order valence-electron chi connectivity index (χ4n) is 1.96. The van der Waals surface area contributed by atoms with Crippen LogP contribution in [0.15, 0.2) is 24.3 Å². The van der Waals surface area contributed by atoms with Gasteiger partial charge in [0.2, 0.25) is 0 Å². The van der Waals surface area contributed by atoms with Crippen molar-refractivity contribution in [3.63, 3.8) is 0 Å². The quantitative estimate of drug-likeness (QED) is 0.677. The highest BCUT2D eigenvalue weighted by Crippen LogP contribution is 2.18. The van der Waals surface area contributed by atoms with Gasteiger partial charge in [0.15, 0.2) is 0 Å². The molecule has 0 spiro atoms. The summed E-state index contributed by atoms with van der Waals surface area (Å²) in [7, 11) is 1.67. The van der Waals surface area contributed by atoms with Crippen molar-refractivity contribution in [1.82, 2.24) is 0 Å². The first-order valence-electron chi connectivity index (χ1n) is 6.90. The van der Waals surface area contributed by atoms with Crippen LogP contribution in [0.5, 0.6) is 11.5 Å². The van der Waals surface area contributed by atoms with Gasteiger partial charge in [-0.05, 0) is 38.8 Å². The van der Waals surface area contributed by atoms with Crippen LogP contribution in [-0.4, -0.2) is 33.4 Å². The minimum atomic E-state index is 0.786. The van der Waals surface area contributed by atoms with Crippen LogP contribution in [0.2, 0.25) is 0 Å². The average Bonchev–Trinajstić information content (AvgIpc) is 2.43. The number of hydrogen-bond donors (Lipinski definition) is 1. The largest absolute Gasteiger partial charge is 0.497 e. The molecule has 0 aliphatic rings. The third-order valence-electron chi connectivity index (χ3n) is 3.23. The number of unbranched alkanes of at least 4 members (excludes halogenated alkanes) is 1. The summed E-state index contributed by atoms with van der Waals surface area (Å²) in [6, 6.07) is 7.78. The van der Waals surface area contributed by atoms with Crippen LogP contribution < -0.4 is 14.4 Å². The number of ether oxygens (including phenoxy) is 2. The molecule has 102 valence electrons. The van der Waals surface area contributed by atoms with Gasteiger partial charge in [-0.2, -0.15) is 0 Å². The van der Waals surface area contributed by atoms with Gasteiger partial charge < -0.3 is 14.4 Å². The van der Waals surface area contributed by atoms with Gasteiger partial charge in [0.05, 0.1) is 33.4 Å². The lowest BCUT2D eigenvalue weighted by atomic mass is 10.3. The van der Waals surface area contributed by atoms with Crippen LogP contribution >= 0.6 is 0 Å². The van der Waals surface area contributed by atoms with E-state index in [1.807, 2.05) is 24.3 Å². The average molecular weight is 252 g/mol. The molecule has 0 saturated carbocycles. The second-order valence-electron chi connectivity index (χ2n) is 4.44. The van der Waals surface area contributed by atoms with Crippen molar-refractivity contribution in [3.05, 3.63) is 24.3 Å². The molecule has 18 heavy (non-hydrogen) atoms. The molecule has 1 aromatic rings. The number of rotatable bonds is 9. The van der Waals surface area contributed by atoms with E-state index in [-0.39, 0.29) is 0 Å². The molecule has 0 amide bonds. The summed E-state index contributed by atoms with van der Waals surface area (Å²) in [4.78, 5) is 1.66. The lowest BCUT2D eigenvalue weighted by molar-refractivity contribution is -0.896. The van der Waals surface area contributed by atoms with Gasteiger partial charge in [-0.25, -0.2) is 0 Å². The van der Waals surface area contributed by atoms with E-state index < -0.39 is 0 Å². The normalized spacial score (nSPS) is 10.7. The van der Waals surface area contributed by atoms with Gasteiger partial charge in [0.25, 0.3) is 0 Å². The van der Waals surface area contributed by atoms with Gasteiger partial charge in [-0.1, -0.05) is 6.07 Å². The first-order valence-corrected chi connectivity index (χ1v) is 6.90. The first-order chi connectivity index (χ1) is 8.80. The molecule has 0 atom stereocenters. The lowest BCUT2D eigenvalue weighted by Gasteiger charge is -2.15. The third-order valence-corrected chi connectivity index (χ3v) is 3.23. The van der Waals surface area contributed by atoms with Crippen molar-refractivity contribution in [2.24, 2.45) is 0 Å². The first kappa shape index (κ1) is 14.8. The van der Waals surface area contributed by atoms with E-state index in [0.29, 0.717) is 0 Å². The van der Waals surface area contributed by atoms with Crippen LogP contribution in [0.1, 0.15) is 26.7 Å². The SMILES string of the molecule is CC[NH+](CC)CCCCOc1cccc(OC)c1. The van der Waals surface area contributed by atoms with E-state index >= 15 is 0 Å². The van der Waals surface area contributed by atoms with Crippen molar-refractivity contribution < 1.29 is 14.4 Å². The van der Waals surface area contributed by atoms with E-state index in [9.17, 15) is 0 Å². The van der Waals surface area contributed by atoms with E-state index in [1.165, 1.54) is 26.1 Å². The Morgan fingerprint density at radius 1 is 1.06 bits per heavy atom. The molecular weight excluding hydrogens is 226 g/mol. The molecule has 3 nitrogen and oxygen atoms in total. The molecule has 0 bridgehead atoms. The summed E-state index contributed by atoms with van der Waals surface area (Å²) in [6.07, 6.45) is 2.34. The fraction of sp³-hybridized carbons (Fsp3) is 0.600. The van der Waals surface area contributed by atoms with E-state index in [4.69, 9.17) is 9.47 Å². The lowest BCUT2D eigenvalue weighted by Crippen LogP contribution is -3.11. The number of methoxy groups -OCH3 is 1. The molecule has 0 fully saturated rings. The van der Waals surface area contributed by atoms with Crippen molar-refractivity contribution in [1.29, 1.82) is 0 Å². The summed E-state index contributed by atoms with van der Waals surface area (Å²) < 4.78 is 10.9. The second kappa shape index (κ2) is 8.81. The molecule has 0 aliphatic heterocycles. The molecule has 3 heteroatoms. The van der Waals surface area contributed by atoms with Crippen LogP contribution in [0, 0.1) is 0 Å². The Balaban J connectivity index is 2.17. The third kappa shape index (κ3) is 5.41. The smallest absolute Gasteiger partial charge is 0.122 e. The van der Waals surface area contributed by atoms with Crippen molar-refractivity contribution in [2.45, 2.75) is 26.7 Å².